The number of hydrogen-bond acceptors (Lipinski definition) is 3. The van der Waals surface area contributed by atoms with Gasteiger partial charge in [0, 0.05) is 17.1 Å². The van der Waals surface area contributed by atoms with Crippen LogP contribution in [0.3, 0.4) is 0 Å². The van der Waals surface area contributed by atoms with Crippen LogP contribution < -0.4 is 5.32 Å². The summed E-state index contributed by atoms with van der Waals surface area (Å²) in [6.45, 7) is 2.19. The topological polar surface area (TPSA) is 52.5 Å². The average molecular weight is 274 g/mol. The van der Waals surface area contributed by atoms with E-state index in [0.29, 0.717) is 6.54 Å². The zero-order valence-electron chi connectivity index (χ0n) is 8.65. The lowest BCUT2D eigenvalue weighted by molar-refractivity contribution is 0.0923. The Kier molecular flexibility index (Phi) is 5.25. The molecule has 3 nitrogen and oxygen atoms in total. The first-order valence-electron chi connectivity index (χ1n) is 4.92. The van der Waals surface area contributed by atoms with Crippen molar-refractivity contribution in [2.45, 2.75) is 19.1 Å². The number of rotatable bonds is 5. The van der Waals surface area contributed by atoms with Crippen molar-refractivity contribution in [1.82, 2.24) is 5.32 Å². The second-order valence-corrected chi connectivity index (χ2v) is 4.34. The van der Waals surface area contributed by atoms with Crippen LogP contribution in [-0.4, -0.2) is 29.5 Å². The molecule has 0 aromatic heterocycles. The number of benzene rings is 1. The van der Waals surface area contributed by atoms with E-state index in [1.807, 2.05) is 31.2 Å². The molecule has 0 bridgehead atoms. The molecule has 0 aliphatic carbocycles. The summed E-state index contributed by atoms with van der Waals surface area (Å²) >= 11 is 3.47. The van der Waals surface area contributed by atoms with Gasteiger partial charge in [-0.25, -0.2) is 0 Å². The molecule has 0 saturated carbocycles. The minimum absolute atomic E-state index is 0.141. The third-order valence-corrected chi connectivity index (χ3v) is 2.96. The van der Waals surface area contributed by atoms with E-state index in [4.69, 9.17) is 5.11 Å². The van der Waals surface area contributed by atoms with Crippen LogP contribution in [0, 0.1) is 0 Å². The lowest BCUT2D eigenvalue weighted by atomic mass is 10.1. The summed E-state index contributed by atoms with van der Waals surface area (Å²) in [6, 6.07) is 8.08. The number of hydrogen-bond donors (Lipinski definition) is 3. The van der Waals surface area contributed by atoms with Crippen molar-refractivity contribution in [3.05, 3.63) is 34.3 Å². The highest BCUT2D eigenvalue weighted by Crippen LogP contribution is 2.22. The lowest BCUT2D eigenvalue weighted by Crippen LogP contribution is -2.31. The molecule has 0 fully saturated rings. The van der Waals surface area contributed by atoms with Crippen molar-refractivity contribution >= 4 is 15.9 Å². The minimum Gasteiger partial charge on any atom is -0.394 e. The van der Waals surface area contributed by atoms with E-state index in [0.717, 1.165) is 10.0 Å². The third kappa shape index (κ3) is 3.91. The van der Waals surface area contributed by atoms with E-state index in [1.54, 1.807) is 0 Å². The molecule has 0 aliphatic heterocycles. The fourth-order valence-electron chi connectivity index (χ4n) is 1.31. The Labute approximate surface area is 98.3 Å². The van der Waals surface area contributed by atoms with Gasteiger partial charge in [0.15, 0.2) is 0 Å². The summed E-state index contributed by atoms with van der Waals surface area (Å²) < 4.78 is 1.04. The summed E-state index contributed by atoms with van der Waals surface area (Å²) in [7, 11) is 0. The highest BCUT2D eigenvalue weighted by Gasteiger charge is 2.09. The minimum atomic E-state index is -0.699. The van der Waals surface area contributed by atoms with Gasteiger partial charge < -0.3 is 15.5 Å². The van der Waals surface area contributed by atoms with E-state index in [2.05, 4.69) is 21.2 Å². The van der Waals surface area contributed by atoms with Crippen LogP contribution in [-0.2, 0) is 0 Å². The molecular formula is C11H16BrNO2. The van der Waals surface area contributed by atoms with Gasteiger partial charge in [-0.1, -0.05) is 34.1 Å². The van der Waals surface area contributed by atoms with E-state index < -0.39 is 6.10 Å². The van der Waals surface area contributed by atoms with Gasteiger partial charge >= 0.3 is 0 Å². The van der Waals surface area contributed by atoms with Crippen molar-refractivity contribution in [2.75, 3.05) is 13.2 Å². The van der Waals surface area contributed by atoms with Gasteiger partial charge in [0.1, 0.15) is 0 Å². The molecule has 0 unspecified atom stereocenters. The Morgan fingerprint density at radius 1 is 1.40 bits per heavy atom. The molecule has 1 aromatic rings. The maximum Gasteiger partial charge on any atom is 0.0895 e. The first-order chi connectivity index (χ1) is 7.15. The molecule has 4 heteroatoms. The van der Waals surface area contributed by atoms with Gasteiger partial charge in [-0.2, -0.15) is 0 Å². The van der Waals surface area contributed by atoms with Crippen LogP contribution in [0.4, 0.5) is 0 Å². The van der Waals surface area contributed by atoms with Crippen LogP contribution in [0.1, 0.15) is 18.5 Å². The zero-order valence-corrected chi connectivity index (χ0v) is 10.2. The molecule has 0 spiro atoms. The molecule has 0 heterocycles. The van der Waals surface area contributed by atoms with Crippen molar-refractivity contribution in [2.24, 2.45) is 0 Å². The third-order valence-electron chi connectivity index (χ3n) is 2.24. The molecular weight excluding hydrogens is 258 g/mol. The maximum atomic E-state index is 9.20. The van der Waals surface area contributed by atoms with Crippen molar-refractivity contribution in [1.29, 1.82) is 0 Å². The average Bonchev–Trinajstić information content (AvgIpc) is 2.26. The molecule has 84 valence electrons. The van der Waals surface area contributed by atoms with Crippen LogP contribution in [0.5, 0.6) is 0 Å². The SMILES string of the molecule is C[C@@H](NC[C@H](O)CO)c1ccccc1Br. The summed E-state index contributed by atoms with van der Waals surface area (Å²) in [6.07, 6.45) is -0.699. The summed E-state index contributed by atoms with van der Waals surface area (Å²) in [5, 5.41) is 21.0. The Balaban J connectivity index is 2.54. The molecule has 0 saturated heterocycles. The standard InChI is InChI=1S/C11H16BrNO2/c1-8(13-6-9(15)7-14)10-4-2-3-5-11(10)12/h2-5,8-9,13-15H,6-7H2,1H3/t8-,9+/m1/s1. The first kappa shape index (κ1) is 12.6. The summed E-state index contributed by atoms with van der Waals surface area (Å²) in [5.41, 5.74) is 1.14. The highest BCUT2D eigenvalue weighted by molar-refractivity contribution is 9.10. The molecule has 0 amide bonds. The number of halogens is 1. The molecule has 3 N–H and O–H groups in total. The van der Waals surface area contributed by atoms with E-state index in [9.17, 15) is 5.11 Å². The lowest BCUT2D eigenvalue weighted by Gasteiger charge is -2.17. The quantitative estimate of drug-likeness (QED) is 0.761. The van der Waals surface area contributed by atoms with Gasteiger partial charge in [-0.3, -0.25) is 0 Å². The predicted octanol–water partition coefficient (Wildman–Crippen LogP) is 1.45. The number of nitrogens with one attached hydrogen (secondary N) is 1. The van der Waals surface area contributed by atoms with Crippen LogP contribution in [0.15, 0.2) is 28.7 Å². The summed E-state index contributed by atoms with van der Waals surface area (Å²) in [4.78, 5) is 0. The molecule has 1 rings (SSSR count). The number of aliphatic hydroxyl groups excluding tert-OH is 2. The Bertz CT molecular complexity index is 306. The van der Waals surface area contributed by atoms with E-state index in [-0.39, 0.29) is 12.6 Å². The fraction of sp³-hybridized carbons (Fsp3) is 0.455. The first-order valence-corrected chi connectivity index (χ1v) is 5.71. The van der Waals surface area contributed by atoms with Gasteiger partial charge in [0.05, 0.1) is 12.7 Å². The molecule has 1 aromatic carbocycles. The van der Waals surface area contributed by atoms with Gasteiger partial charge in [0.25, 0.3) is 0 Å². The van der Waals surface area contributed by atoms with Crippen LogP contribution in [0.25, 0.3) is 0 Å². The summed E-state index contributed by atoms with van der Waals surface area (Å²) in [5.74, 6) is 0. The Hall–Kier alpha value is -0.420. The zero-order chi connectivity index (χ0) is 11.3. The van der Waals surface area contributed by atoms with Crippen LogP contribution >= 0.6 is 15.9 Å². The molecule has 15 heavy (non-hydrogen) atoms. The number of aliphatic hydroxyl groups is 2. The van der Waals surface area contributed by atoms with Crippen molar-refractivity contribution < 1.29 is 10.2 Å². The smallest absolute Gasteiger partial charge is 0.0895 e. The second-order valence-electron chi connectivity index (χ2n) is 3.49. The molecule has 0 aliphatic rings. The molecule has 0 radical (unpaired) electrons. The van der Waals surface area contributed by atoms with E-state index in [1.165, 1.54) is 0 Å². The largest absolute Gasteiger partial charge is 0.394 e. The maximum absolute atomic E-state index is 9.20. The van der Waals surface area contributed by atoms with Gasteiger partial charge in [0.2, 0.25) is 0 Å². The van der Waals surface area contributed by atoms with Crippen molar-refractivity contribution in [3.63, 3.8) is 0 Å². The van der Waals surface area contributed by atoms with Gasteiger partial charge in [-0.15, -0.1) is 0 Å². The highest BCUT2D eigenvalue weighted by atomic mass is 79.9. The van der Waals surface area contributed by atoms with E-state index >= 15 is 0 Å². The second kappa shape index (κ2) is 6.23. The molecule has 2 atom stereocenters. The Morgan fingerprint density at radius 3 is 2.67 bits per heavy atom. The van der Waals surface area contributed by atoms with Crippen LogP contribution in [0.2, 0.25) is 0 Å². The Morgan fingerprint density at radius 2 is 2.07 bits per heavy atom. The predicted molar refractivity (Wildman–Crippen MR) is 63.7 cm³/mol. The van der Waals surface area contributed by atoms with Gasteiger partial charge in [-0.05, 0) is 18.6 Å². The normalized spacial score (nSPS) is 14.9. The van der Waals surface area contributed by atoms with Crippen molar-refractivity contribution in [3.8, 4) is 0 Å². The monoisotopic (exact) mass is 273 g/mol. The fourth-order valence-corrected chi connectivity index (χ4v) is 1.94.